The van der Waals surface area contributed by atoms with Gasteiger partial charge in [-0.1, -0.05) is 19.8 Å². The van der Waals surface area contributed by atoms with Crippen LogP contribution < -0.4 is 10.6 Å². The van der Waals surface area contributed by atoms with Crippen LogP contribution in [0.25, 0.3) is 0 Å². The lowest BCUT2D eigenvalue weighted by atomic mass is 10.0. The highest BCUT2D eigenvalue weighted by atomic mass is 16.3. The van der Waals surface area contributed by atoms with Gasteiger partial charge in [-0.25, -0.2) is 0 Å². The van der Waals surface area contributed by atoms with Crippen LogP contribution in [0.4, 0.5) is 0 Å². The van der Waals surface area contributed by atoms with Crippen LogP contribution >= 0.6 is 0 Å². The molecule has 16 heavy (non-hydrogen) atoms. The Bertz CT molecular complexity index is 246. The number of carbonyl (C=O) groups excluding carboxylic acids is 1. The Hall–Kier alpha value is -1.05. The molecule has 0 rings (SSSR count). The number of aliphatic hydroxyl groups is 1. The van der Waals surface area contributed by atoms with Gasteiger partial charge in [0.05, 0.1) is 19.2 Å². The molecule has 0 heterocycles. The minimum atomic E-state index is -0.343. The molecule has 4 nitrogen and oxygen atoms in total. The molecular formula is C12H22N2O2. The van der Waals surface area contributed by atoms with E-state index in [4.69, 9.17) is 11.5 Å². The molecule has 0 radical (unpaired) electrons. The van der Waals surface area contributed by atoms with E-state index < -0.39 is 0 Å². The first kappa shape index (κ1) is 14.9. The second-order valence-electron chi connectivity index (χ2n) is 4.32. The normalized spacial score (nSPS) is 14.2. The predicted molar refractivity (Wildman–Crippen MR) is 64.8 cm³/mol. The predicted octanol–water partition coefficient (Wildman–Crippen LogP) is 0.121. The number of carbonyl (C=O) groups is 1. The Labute approximate surface area is 97.8 Å². The zero-order valence-corrected chi connectivity index (χ0v) is 10.3. The van der Waals surface area contributed by atoms with E-state index in [9.17, 15) is 4.79 Å². The van der Waals surface area contributed by atoms with E-state index in [1.165, 1.54) is 0 Å². The van der Waals surface area contributed by atoms with Crippen molar-refractivity contribution in [2.75, 3.05) is 13.2 Å². The van der Waals surface area contributed by atoms with Crippen molar-refractivity contribution in [3.8, 4) is 12.3 Å². The van der Waals surface area contributed by atoms with Crippen molar-refractivity contribution >= 4 is 5.91 Å². The first-order chi connectivity index (χ1) is 7.51. The Kier molecular flexibility index (Phi) is 7.61. The van der Waals surface area contributed by atoms with Gasteiger partial charge in [0.15, 0.2) is 0 Å². The quantitative estimate of drug-likeness (QED) is 0.540. The van der Waals surface area contributed by atoms with E-state index in [0.717, 1.165) is 6.42 Å². The Morgan fingerprint density at radius 3 is 2.50 bits per heavy atom. The van der Waals surface area contributed by atoms with E-state index in [2.05, 4.69) is 30.4 Å². The van der Waals surface area contributed by atoms with Gasteiger partial charge in [0, 0.05) is 6.04 Å². The summed E-state index contributed by atoms with van der Waals surface area (Å²) in [6, 6.07) is -0.393. The third kappa shape index (κ3) is 6.44. The molecule has 4 heteroatoms. The van der Waals surface area contributed by atoms with Gasteiger partial charge in [-0.2, -0.15) is 0 Å². The molecule has 3 N–H and O–H groups in total. The van der Waals surface area contributed by atoms with Crippen molar-refractivity contribution in [3.63, 3.8) is 0 Å². The summed E-state index contributed by atoms with van der Waals surface area (Å²) in [6.07, 6.45) is 5.88. The summed E-state index contributed by atoms with van der Waals surface area (Å²) in [6.45, 7) is 6.18. The average molecular weight is 226 g/mol. The van der Waals surface area contributed by atoms with E-state index in [1.807, 2.05) is 0 Å². The lowest BCUT2D eigenvalue weighted by Crippen LogP contribution is -2.48. The van der Waals surface area contributed by atoms with Gasteiger partial charge >= 0.3 is 0 Å². The maximum atomic E-state index is 11.5. The maximum Gasteiger partial charge on any atom is 0.237 e. The molecule has 0 bridgehead atoms. The standard InChI is InChI=1S/C12H22N2O2/c1-5-6-13-12(16)10(4)14-11(8-15)7-9(2)3/h1,9-11,14-15H,6-8H2,2-4H3,(H,13,16). The molecule has 0 aliphatic carbocycles. The number of amides is 1. The summed E-state index contributed by atoms with van der Waals surface area (Å²) < 4.78 is 0. The smallest absolute Gasteiger partial charge is 0.237 e. The highest BCUT2D eigenvalue weighted by molar-refractivity contribution is 5.81. The molecule has 0 aliphatic heterocycles. The van der Waals surface area contributed by atoms with Crippen LogP contribution in [0.15, 0.2) is 0 Å². The van der Waals surface area contributed by atoms with E-state index in [-0.39, 0.29) is 31.1 Å². The molecule has 1 amide bonds. The van der Waals surface area contributed by atoms with Gasteiger partial charge in [-0.15, -0.1) is 6.42 Å². The zero-order valence-electron chi connectivity index (χ0n) is 10.3. The topological polar surface area (TPSA) is 61.4 Å². The van der Waals surface area contributed by atoms with Crippen molar-refractivity contribution in [3.05, 3.63) is 0 Å². The molecule has 0 aromatic heterocycles. The van der Waals surface area contributed by atoms with E-state index in [1.54, 1.807) is 6.92 Å². The lowest BCUT2D eigenvalue weighted by molar-refractivity contribution is -0.122. The summed E-state index contributed by atoms with van der Waals surface area (Å²) in [5.74, 6) is 2.68. The number of rotatable bonds is 7. The fraction of sp³-hybridized carbons (Fsp3) is 0.750. The molecule has 0 fully saturated rings. The van der Waals surface area contributed by atoms with Crippen LogP contribution in [0.1, 0.15) is 27.2 Å². The Balaban J connectivity index is 4.04. The Morgan fingerprint density at radius 2 is 2.06 bits per heavy atom. The molecule has 0 spiro atoms. The second-order valence-corrected chi connectivity index (χ2v) is 4.32. The summed E-state index contributed by atoms with van der Waals surface area (Å²) in [4.78, 5) is 11.5. The van der Waals surface area contributed by atoms with Crippen LogP contribution in [0.2, 0.25) is 0 Å². The first-order valence-corrected chi connectivity index (χ1v) is 5.59. The third-order valence-electron chi connectivity index (χ3n) is 2.22. The molecule has 2 unspecified atom stereocenters. The molecule has 0 saturated heterocycles. The van der Waals surface area contributed by atoms with Crippen molar-refractivity contribution in [1.82, 2.24) is 10.6 Å². The van der Waals surface area contributed by atoms with Gasteiger partial charge in [0.1, 0.15) is 0 Å². The van der Waals surface area contributed by atoms with Crippen LogP contribution in [-0.4, -0.2) is 36.2 Å². The van der Waals surface area contributed by atoms with Gasteiger partial charge in [0.2, 0.25) is 5.91 Å². The molecule has 0 saturated carbocycles. The molecule has 0 aromatic carbocycles. The van der Waals surface area contributed by atoms with Gasteiger partial charge in [0.25, 0.3) is 0 Å². The van der Waals surface area contributed by atoms with Crippen LogP contribution in [0.3, 0.4) is 0 Å². The third-order valence-corrected chi connectivity index (χ3v) is 2.22. The summed E-state index contributed by atoms with van der Waals surface area (Å²) >= 11 is 0. The summed E-state index contributed by atoms with van der Waals surface area (Å²) in [5.41, 5.74) is 0. The van der Waals surface area contributed by atoms with Crippen molar-refractivity contribution < 1.29 is 9.90 Å². The SMILES string of the molecule is C#CCNC(=O)C(C)NC(CO)CC(C)C. The molecule has 0 aliphatic rings. The van der Waals surface area contributed by atoms with Crippen molar-refractivity contribution in [1.29, 1.82) is 0 Å². The minimum Gasteiger partial charge on any atom is -0.395 e. The van der Waals surface area contributed by atoms with Gasteiger partial charge < -0.3 is 15.7 Å². The van der Waals surface area contributed by atoms with Gasteiger partial charge in [-0.3, -0.25) is 4.79 Å². The molecular weight excluding hydrogens is 204 g/mol. The first-order valence-electron chi connectivity index (χ1n) is 5.59. The van der Waals surface area contributed by atoms with Crippen LogP contribution in [-0.2, 0) is 4.79 Å². The number of terminal acetylenes is 1. The highest BCUT2D eigenvalue weighted by Crippen LogP contribution is 2.04. The van der Waals surface area contributed by atoms with Gasteiger partial charge in [-0.05, 0) is 19.3 Å². The molecule has 2 atom stereocenters. The fourth-order valence-electron chi connectivity index (χ4n) is 1.48. The Morgan fingerprint density at radius 1 is 1.44 bits per heavy atom. The largest absolute Gasteiger partial charge is 0.395 e. The van der Waals surface area contributed by atoms with Crippen molar-refractivity contribution in [2.24, 2.45) is 5.92 Å². The monoisotopic (exact) mass is 226 g/mol. The van der Waals surface area contributed by atoms with Crippen LogP contribution in [0, 0.1) is 18.3 Å². The fourth-order valence-corrected chi connectivity index (χ4v) is 1.48. The summed E-state index contributed by atoms with van der Waals surface area (Å²) in [7, 11) is 0. The zero-order chi connectivity index (χ0) is 12.6. The average Bonchev–Trinajstić information content (AvgIpc) is 2.23. The van der Waals surface area contributed by atoms with Crippen molar-refractivity contribution in [2.45, 2.75) is 39.3 Å². The maximum absolute atomic E-state index is 11.5. The number of hydrogen-bond acceptors (Lipinski definition) is 3. The number of aliphatic hydroxyl groups excluding tert-OH is 1. The van der Waals surface area contributed by atoms with E-state index >= 15 is 0 Å². The number of nitrogens with one attached hydrogen (secondary N) is 2. The second kappa shape index (κ2) is 8.14. The van der Waals surface area contributed by atoms with Crippen LogP contribution in [0.5, 0.6) is 0 Å². The summed E-state index contributed by atoms with van der Waals surface area (Å²) in [5, 5.41) is 14.8. The van der Waals surface area contributed by atoms with E-state index in [0.29, 0.717) is 5.92 Å². The number of hydrogen-bond donors (Lipinski definition) is 3. The molecule has 92 valence electrons. The lowest BCUT2D eigenvalue weighted by Gasteiger charge is -2.22. The minimum absolute atomic E-state index is 0.0327. The highest BCUT2D eigenvalue weighted by Gasteiger charge is 2.17. The molecule has 0 aromatic rings.